The van der Waals surface area contributed by atoms with Crippen LogP contribution >= 0.6 is 23.2 Å². The molecule has 0 aliphatic heterocycles. The summed E-state index contributed by atoms with van der Waals surface area (Å²) in [7, 11) is 0. The number of aromatic nitrogens is 1. The maximum Gasteiger partial charge on any atom is 0.0499 e. The van der Waals surface area contributed by atoms with E-state index in [0.717, 1.165) is 32.2 Å². The number of hydrogen-bond donors (Lipinski definition) is 1. The number of halogens is 2. The fourth-order valence-electron chi connectivity index (χ4n) is 1.93. The van der Waals surface area contributed by atoms with Crippen molar-refractivity contribution in [2.45, 2.75) is 0 Å². The van der Waals surface area contributed by atoms with Crippen LogP contribution < -0.4 is 0 Å². The normalized spacial score (nSPS) is 10.9. The van der Waals surface area contributed by atoms with Crippen molar-refractivity contribution in [3.63, 3.8) is 0 Å². The highest BCUT2D eigenvalue weighted by Crippen LogP contribution is 2.30. The highest BCUT2D eigenvalue weighted by atomic mass is 35.5. The lowest BCUT2D eigenvalue weighted by Crippen LogP contribution is -1.77. The molecular weight excluding hydrogens is 253 g/mol. The Bertz CT molecular complexity index is 686. The molecule has 0 radical (unpaired) electrons. The van der Waals surface area contributed by atoms with E-state index in [4.69, 9.17) is 23.2 Å². The van der Waals surface area contributed by atoms with E-state index in [9.17, 15) is 0 Å². The molecule has 1 N–H and O–H groups in total. The van der Waals surface area contributed by atoms with Crippen molar-refractivity contribution < 1.29 is 0 Å². The predicted molar refractivity (Wildman–Crippen MR) is 73.8 cm³/mol. The molecule has 0 bridgehead atoms. The van der Waals surface area contributed by atoms with Gasteiger partial charge in [0.15, 0.2) is 0 Å². The first kappa shape index (κ1) is 10.7. The van der Waals surface area contributed by atoms with E-state index in [1.807, 2.05) is 42.5 Å². The minimum absolute atomic E-state index is 0.738. The van der Waals surface area contributed by atoms with E-state index in [-0.39, 0.29) is 0 Å². The fraction of sp³-hybridized carbons (Fsp3) is 0. The third-order valence-electron chi connectivity index (χ3n) is 2.75. The number of nitrogens with one attached hydrogen (secondary N) is 1. The highest BCUT2D eigenvalue weighted by Gasteiger charge is 2.06. The Labute approximate surface area is 109 Å². The van der Waals surface area contributed by atoms with Gasteiger partial charge in [0.25, 0.3) is 0 Å². The van der Waals surface area contributed by atoms with E-state index in [0.29, 0.717) is 0 Å². The molecule has 0 unspecified atom stereocenters. The lowest BCUT2D eigenvalue weighted by molar-refractivity contribution is 1.45. The van der Waals surface area contributed by atoms with Crippen LogP contribution in [0.25, 0.3) is 22.2 Å². The zero-order valence-corrected chi connectivity index (χ0v) is 10.4. The molecule has 0 aliphatic rings. The highest BCUT2D eigenvalue weighted by molar-refractivity contribution is 6.33. The van der Waals surface area contributed by atoms with Gasteiger partial charge < -0.3 is 4.98 Å². The summed E-state index contributed by atoms with van der Waals surface area (Å²) < 4.78 is 0. The van der Waals surface area contributed by atoms with E-state index in [2.05, 4.69) is 11.1 Å². The summed E-state index contributed by atoms with van der Waals surface area (Å²) in [4.78, 5) is 3.34. The molecule has 1 aromatic heterocycles. The zero-order chi connectivity index (χ0) is 11.8. The van der Waals surface area contributed by atoms with Gasteiger partial charge in [-0.3, -0.25) is 0 Å². The molecule has 84 valence electrons. The molecular formula is C14H9Cl2N. The van der Waals surface area contributed by atoms with Crippen LogP contribution in [-0.4, -0.2) is 4.98 Å². The second kappa shape index (κ2) is 4.10. The first-order valence-corrected chi connectivity index (χ1v) is 6.03. The Kier molecular flexibility index (Phi) is 2.58. The van der Waals surface area contributed by atoms with Gasteiger partial charge in [0.1, 0.15) is 0 Å². The second-order valence-corrected chi connectivity index (χ2v) is 4.74. The second-order valence-electron chi connectivity index (χ2n) is 3.89. The monoisotopic (exact) mass is 261 g/mol. The largest absolute Gasteiger partial charge is 0.354 e. The molecule has 3 aromatic rings. The average Bonchev–Trinajstić information content (AvgIpc) is 2.72. The first-order chi connectivity index (χ1) is 8.24. The SMILES string of the molecule is Clc1ccc2[nH]c(-c3ccccc3Cl)cc2c1. The van der Waals surface area contributed by atoms with Gasteiger partial charge in [0.05, 0.1) is 0 Å². The van der Waals surface area contributed by atoms with Gasteiger partial charge in [-0.1, -0.05) is 41.4 Å². The smallest absolute Gasteiger partial charge is 0.0499 e. The number of hydrogen-bond acceptors (Lipinski definition) is 0. The van der Waals surface area contributed by atoms with Crippen molar-refractivity contribution in [2.75, 3.05) is 0 Å². The van der Waals surface area contributed by atoms with Crippen molar-refractivity contribution in [2.24, 2.45) is 0 Å². The molecule has 3 heteroatoms. The van der Waals surface area contributed by atoms with Crippen LogP contribution in [0.5, 0.6) is 0 Å². The first-order valence-electron chi connectivity index (χ1n) is 5.27. The standard InChI is InChI=1S/C14H9Cl2N/c15-10-5-6-13-9(7-10)8-14(17-13)11-3-1-2-4-12(11)16/h1-8,17H. The molecule has 17 heavy (non-hydrogen) atoms. The average molecular weight is 262 g/mol. The topological polar surface area (TPSA) is 15.8 Å². The van der Waals surface area contributed by atoms with Crippen LogP contribution in [0.15, 0.2) is 48.5 Å². The molecule has 0 amide bonds. The van der Waals surface area contributed by atoms with Gasteiger partial charge >= 0.3 is 0 Å². The third kappa shape index (κ3) is 1.92. The van der Waals surface area contributed by atoms with E-state index in [1.165, 1.54) is 0 Å². The van der Waals surface area contributed by atoms with Crippen molar-refractivity contribution in [3.05, 3.63) is 58.6 Å². The van der Waals surface area contributed by atoms with Crippen molar-refractivity contribution in [3.8, 4) is 11.3 Å². The Morgan fingerprint density at radius 2 is 1.71 bits per heavy atom. The molecule has 0 atom stereocenters. The van der Waals surface area contributed by atoms with Gasteiger partial charge in [0, 0.05) is 32.2 Å². The summed E-state index contributed by atoms with van der Waals surface area (Å²) in [6, 6.07) is 15.6. The maximum absolute atomic E-state index is 6.17. The van der Waals surface area contributed by atoms with Gasteiger partial charge in [-0.15, -0.1) is 0 Å². The predicted octanol–water partition coefficient (Wildman–Crippen LogP) is 5.14. The molecule has 0 fully saturated rings. The molecule has 1 nitrogen and oxygen atoms in total. The van der Waals surface area contributed by atoms with Crippen LogP contribution in [0.4, 0.5) is 0 Å². The maximum atomic E-state index is 6.17. The summed E-state index contributed by atoms with van der Waals surface area (Å²) in [5, 5.41) is 2.57. The Morgan fingerprint density at radius 3 is 2.53 bits per heavy atom. The molecule has 3 rings (SSSR count). The third-order valence-corrected chi connectivity index (χ3v) is 3.31. The van der Waals surface area contributed by atoms with E-state index >= 15 is 0 Å². The Morgan fingerprint density at radius 1 is 0.882 bits per heavy atom. The molecule has 0 saturated heterocycles. The number of benzene rings is 2. The summed E-state index contributed by atoms with van der Waals surface area (Å²) in [6.45, 7) is 0. The van der Waals surface area contributed by atoms with Crippen LogP contribution in [0.2, 0.25) is 10.0 Å². The molecule has 0 spiro atoms. The summed E-state index contributed by atoms with van der Waals surface area (Å²) in [5.74, 6) is 0. The fourth-order valence-corrected chi connectivity index (χ4v) is 2.35. The van der Waals surface area contributed by atoms with Crippen LogP contribution in [0.1, 0.15) is 0 Å². The number of rotatable bonds is 1. The Hall–Kier alpha value is -1.44. The van der Waals surface area contributed by atoms with E-state index in [1.54, 1.807) is 0 Å². The van der Waals surface area contributed by atoms with Gasteiger partial charge in [0.2, 0.25) is 0 Å². The van der Waals surface area contributed by atoms with Gasteiger partial charge in [-0.05, 0) is 30.3 Å². The number of fused-ring (bicyclic) bond motifs is 1. The molecule has 0 aliphatic carbocycles. The van der Waals surface area contributed by atoms with Gasteiger partial charge in [-0.2, -0.15) is 0 Å². The molecule has 0 saturated carbocycles. The molecule has 1 heterocycles. The van der Waals surface area contributed by atoms with Crippen LogP contribution in [0, 0.1) is 0 Å². The van der Waals surface area contributed by atoms with E-state index < -0.39 is 0 Å². The van der Waals surface area contributed by atoms with Crippen LogP contribution in [-0.2, 0) is 0 Å². The van der Waals surface area contributed by atoms with Crippen molar-refractivity contribution >= 4 is 34.1 Å². The van der Waals surface area contributed by atoms with Crippen molar-refractivity contribution in [1.29, 1.82) is 0 Å². The Balaban J connectivity index is 2.22. The van der Waals surface area contributed by atoms with Crippen molar-refractivity contribution in [1.82, 2.24) is 4.98 Å². The number of H-pyrrole nitrogens is 1. The lowest BCUT2D eigenvalue weighted by atomic mass is 10.1. The number of aromatic amines is 1. The quantitative estimate of drug-likeness (QED) is 0.624. The summed E-state index contributed by atoms with van der Waals surface area (Å²) >= 11 is 12.1. The minimum atomic E-state index is 0.738. The van der Waals surface area contributed by atoms with Gasteiger partial charge in [-0.25, -0.2) is 0 Å². The lowest BCUT2D eigenvalue weighted by Gasteiger charge is -1.99. The summed E-state index contributed by atoms with van der Waals surface area (Å²) in [6.07, 6.45) is 0. The molecule has 2 aromatic carbocycles. The zero-order valence-electron chi connectivity index (χ0n) is 8.87. The summed E-state index contributed by atoms with van der Waals surface area (Å²) in [5.41, 5.74) is 3.07. The minimum Gasteiger partial charge on any atom is -0.354 e. The van der Waals surface area contributed by atoms with Crippen LogP contribution in [0.3, 0.4) is 0 Å².